The zero-order chi connectivity index (χ0) is 7.68. The van der Waals surface area contributed by atoms with Gasteiger partial charge in [-0.05, 0) is 11.1 Å². The number of aliphatic hydroxyl groups is 1. The van der Waals surface area contributed by atoms with E-state index in [0.717, 1.165) is 0 Å². The molecule has 1 aromatic rings. The number of ether oxygens (including phenoxy) is 1. The van der Waals surface area contributed by atoms with Gasteiger partial charge in [0.2, 0.25) is 0 Å². The van der Waals surface area contributed by atoms with Gasteiger partial charge in [0.05, 0.1) is 6.61 Å². The SMILES string of the molecule is O[C@H]1Cc2ccccc2CO1. The number of aliphatic hydroxyl groups excluding tert-OH is 1. The third-order valence-corrected chi connectivity index (χ3v) is 1.94. The minimum atomic E-state index is -0.607. The Morgan fingerprint density at radius 1 is 1.27 bits per heavy atom. The fourth-order valence-corrected chi connectivity index (χ4v) is 1.33. The Labute approximate surface area is 65.4 Å². The van der Waals surface area contributed by atoms with Crippen LogP contribution >= 0.6 is 0 Å². The predicted molar refractivity (Wildman–Crippen MR) is 40.9 cm³/mol. The van der Waals surface area contributed by atoms with Crippen molar-refractivity contribution in [2.45, 2.75) is 19.3 Å². The van der Waals surface area contributed by atoms with Crippen LogP contribution in [-0.4, -0.2) is 11.4 Å². The summed E-state index contributed by atoms with van der Waals surface area (Å²) in [6.07, 6.45) is 0.0146. The van der Waals surface area contributed by atoms with Gasteiger partial charge in [0.25, 0.3) is 0 Å². The number of hydrogen-bond donors (Lipinski definition) is 1. The molecule has 0 unspecified atom stereocenters. The molecular weight excluding hydrogens is 140 g/mol. The standard InChI is InChI=1S/C9H10O2/c10-9-5-7-3-1-2-4-8(7)6-11-9/h1-4,9-10H,5-6H2/t9-/m1/s1. The quantitative estimate of drug-likeness (QED) is 0.599. The molecular formula is C9H10O2. The van der Waals surface area contributed by atoms with Gasteiger partial charge in [-0.15, -0.1) is 0 Å². The van der Waals surface area contributed by atoms with Crippen molar-refractivity contribution in [3.05, 3.63) is 35.4 Å². The maximum atomic E-state index is 9.13. The summed E-state index contributed by atoms with van der Waals surface area (Å²) in [7, 11) is 0. The Hall–Kier alpha value is -0.860. The molecule has 2 nitrogen and oxygen atoms in total. The summed E-state index contributed by atoms with van der Waals surface area (Å²) in [6.45, 7) is 0.539. The van der Waals surface area contributed by atoms with Crippen molar-refractivity contribution in [2.75, 3.05) is 0 Å². The van der Waals surface area contributed by atoms with Crippen molar-refractivity contribution in [1.82, 2.24) is 0 Å². The van der Waals surface area contributed by atoms with Crippen LogP contribution in [0.4, 0.5) is 0 Å². The summed E-state index contributed by atoms with van der Waals surface area (Å²) >= 11 is 0. The Bertz CT molecular complexity index is 257. The third kappa shape index (κ3) is 1.27. The van der Waals surface area contributed by atoms with E-state index in [1.807, 2.05) is 24.3 Å². The minimum Gasteiger partial charge on any atom is -0.368 e. The van der Waals surface area contributed by atoms with Gasteiger partial charge in [-0.1, -0.05) is 24.3 Å². The van der Waals surface area contributed by atoms with Crippen molar-refractivity contribution in [3.8, 4) is 0 Å². The van der Waals surface area contributed by atoms with E-state index in [9.17, 15) is 0 Å². The summed E-state index contributed by atoms with van der Waals surface area (Å²) < 4.78 is 5.06. The van der Waals surface area contributed by atoms with E-state index in [1.54, 1.807) is 0 Å². The first-order valence-corrected chi connectivity index (χ1v) is 3.73. The third-order valence-electron chi connectivity index (χ3n) is 1.94. The molecule has 0 aliphatic carbocycles. The Morgan fingerprint density at radius 3 is 2.82 bits per heavy atom. The first kappa shape index (κ1) is 6.83. The van der Waals surface area contributed by atoms with Gasteiger partial charge >= 0.3 is 0 Å². The minimum absolute atomic E-state index is 0.539. The molecule has 0 fully saturated rings. The normalized spacial score (nSPS) is 22.8. The molecule has 58 valence electrons. The zero-order valence-electron chi connectivity index (χ0n) is 6.16. The van der Waals surface area contributed by atoms with E-state index in [2.05, 4.69) is 0 Å². The predicted octanol–water partition coefficient (Wildman–Crippen LogP) is 1.08. The van der Waals surface area contributed by atoms with Crippen LogP contribution in [0, 0.1) is 0 Å². The van der Waals surface area contributed by atoms with Crippen molar-refractivity contribution in [3.63, 3.8) is 0 Å². The van der Waals surface area contributed by atoms with Crippen LogP contribution in [0.15, 0.2) is 24.3 Å². The van der Waals surface area contributed by atoms with E-state index in [4.69, 9.17) is 9.84 Å². The molecule has 2 heteroatoms. The highest BCUT2D eigenvalue weighted by Crippen LogP contribution is 2.18. The van der Waals surface area contributed by atoms with Crippen LogP contribution in [-0.2, 0) is 17.8 Å². The van der Waals surface area contributed by atoms with E-state index in [0.29, 0.717) is 13.0 Å². The van der Waals surface area contributed by atoms with Gasteiger partial charge < -0.3 is 9.84 Å². The van der Waals surface area contributed by atoms with Crippen LogP contribution in [0.3, 0.4) is 0 Å². The van der Waals surface area contributed by atoms with Gasteiger partial charge in [0.15, 0.2) is 6.29 Å². The van der Waals surface area contributed by atoms with Gasteiger partial charge in [-0.3, -0.25) is 0 Å². The largest absolute Gasteiger partial charge is 0.368 e. The number of fused-ring (bicyclic) bond motifs is 1. The molecule has 1 atom stereocenters. The fourth-order valence-electron chi connectivity index (χ4n) is 1.33. The molecule has 0 amide bonds. The second kappa shape index (κ2) is 2.64. The average Bonchev–Trinajstić information content (AvgIpc) is 2.04. The summed E-state index contributed by atoms with van der Waals surface area (Å²) in [5.41, 5.74) is 2.39. The Kier molecular flexibility index (Phi) is 1.64. The molecule has 0 radical (unpaired) electrons. The zero-order valence-corrected chi connectivity index (χ0v) is 6.16. The summed E-state index contributed by atoms with van der Waals surface area (Å²) in [4.78, 5) is 0. The first-order valence-electron chi connectivity index (χ1n) is 3.73. The maximum absolute atomic E-state index is 9.13. The monoisotopic (exact) mass is 150 g/mol. The Morgan fingerprint density at radius 2 is 2.00 bits per heavy atom. The molecule has 0 aromatic heterocycles. The molecule has 1 heterocycles. The van der Waals surface area contributed by atoms with Crippen LogP contribution in [0.25, 0.3) is 0 Å². The van der Waals surface area contributed by atoms with E-state index < -0.39 is 6.29 Å². The van der Waals surface area contributed by atoms with Crippen molar-refractivity contribution in [1.29, 1.82) is 0 Å². The van der Waals surface area contributed by atoms with Gasteiger partial charge in [-0.25, -0.2) is 0 Å². The highest BCUT2D eigenvalue weighted by atomic mass is 16.6. The second-order valence-electron chi connectivity index (χ2n) is 2.74. The van der Waals surface area contributed by atoms with Crippen LogP contribution < -0.4 is 0 Å². The summed E-state index contributed by atoms with van der Waals surface area (Å²) in [5, 5.41) is 9.13. The summed E-state index contributed by atoms with van der Waals surface area (Å²) in [6, 6.07) is 8.03. The highest BCUT2D eigenvalue weighted by Gasteiger charge is 2.14. The lowest BCUT2D eigenvalue weighted by Crippen LogP contribution is -2.21. The Balaban J connectivity index is 2.34. The molecule has 1 aromatic carbocycles. The van der Waals surface area contributed by atoms with Gasteiger partial charge in [0, 0.05) is 6.42 Å². The summed E-state index contributed by atoms with van der Waals surface area (Å²) in [5.74, 6) is 0. The molecule has 0 bridgehead atoms. The maximum Gasteiger partial charge on any atom is 0.159 e. The lowest BCUT2D eigenvalue weighted by molar-refractivity contribution is -0.115. The molecule has 1 aliphatic rings. The van der Waals surface area contributed by atoms with E-state index in [-0.39, 0.29) is 0 Å². The molecule has 1 N–H and O–H groups in total. The van der Waals surface area contributed by atoms with Crippen molar-refractivity contribution >= 4 is 0 Å². The molecule has 0 spiro atoms. The molecule has 0 saturated heterocycles. The lowest BCUT2D eigenvalue weighted by atomic mass is 10.0. The second-order valence-corrected chi connectivity index (χ2v) is 2.74. The highest BCUT2D eigenvalue weighted by molar-refractivity contribution is 5.27. The van der Waals surface area contributed by atoms with E-state index in [1.165, 1.54) is 11.1 Å². The first-order chi connectivity index (χ1) is 5.36. The van der Waals surface area contributed by atoms with E-state index >= 15 is 0 Å². The van der Waals surface area contributed by atoms with Crippen LogP contribution in [0.5, 0.6) is 0 Å². The smallest absolute Gasteiger partial charge is 0.159 e. The molecule has 2 rings (SSSR count). The van der Waals surface area contributed by atoms with Gasteiger partial charge in [-0.2, -0.15) is 0 Å². The number of hydrogen-bond acceptors (Lipinski definition) is 2. The van der Waals surface area contributed by atoms with Crippen LogP contribution in [0.2, 0.25) is 0 Å². The number of benzene rings is 1. The number of rotatable bonds is 0. The van der Waals surface area contributed by atoms with Gasteiger partial charge in [0.1, 0.15) is 0 Å². The van der Waals surface area contributed by atoms with Crippen LogP contribution in [0.1, 0.15) is 11.1 Å². The fraction of sp³-hybridized carbons (Fsp3) is 0.333. The molecule has 0 saturated carbocycles. The topological polar surface area (TPSA) is 29.5 Å². The van der Waals surface area contributed by atoms with Crippen molar-refractivity contribution in [2.24, 2.45) is 0 Å². The molecule has 1 aliphatic heterocycles. The molecule has 11 heavy (non-hydrogen) atoms. The van der Waals surface area contributed by atoms with Crippen molar-refractivity contribution < 1.29 is 9.84 Å². The lowest BCUT2D eigenvalue weighted by Gasteiger charge is -2.20. The average molecular weight is 150 g/mol.